The van der Waals surface area contributed by atoms with E-state index in [2.05, 4.69) is 0 Å². The van der Waals surface area contributed by atoms with Crippen LogP contribution in [-0.4, -0.2) is 39.9 Å². The highest BCUT2D eigenvalue weighted by Crippen LogP contribution is 2.52. The number of hydrogen-bond acceptors (Lipinski definition) is 3. The summed E-state index contributed by atoms with van der Waals surface area (Å²) in [5, 5.41) is 18.0. The van der Waals surface area contributed by atoms with E-state index in [4.69, 9.17) is 10.2 Å². The summed E-state index contributed by atoms with van der Waals surface area (Å²) in [6.45, 7) is 0. The molecule has 1 aromatic rings. The number of aromatic nitrogens is 1. The third kappa shape index (κ3) is 3.17. The van der Waals surface area contributed by atoms with Gasteiger partial charge in [0.15, 0.2) is 0 Å². The molecule has 0 bridgehead atoms. The van der Waals surface area contributed by atoms with Crippen molar-refractivity contribution < 1.29 is 62.9 Å². The molecular formula is C11H5F12NO2. The molecule has 0 fully saturated rings. The molecule has 1 aromatic heterocycles. The molecule has 1 rings (SSSR count). The second-order valence-electron chi connectivity index (χ2n) is 4.82. The Morgan fingerprint density at radius 1 is 0.538 bits per heavy atom. The van der Waals surface area contributed by atoms with Crippen LogP contribution in [0.3, 0.4) is 0 Å². The lowest BCUT2D eigenvalue weighted by molar-refractivity contribution is -0.380. The Bertz CT molecular complexity index is 576. The van der Waals surface area contributed by atoms with Crippen molar-refractivity contribution in [3.63, 3.8) is 0 Å². The highest BCUT2D eigenvalue weighted by atomic mass is 19.4. The molecule has 26 heavy (non-hydrogen) atoms. The van der Waals surface area contributed by atoms with Gasteiger partial charge in [0.2, 0.25) is 0 Å². The van der Waals surface area contributed by atoms with E-state index in [0.29, 0.717) is 0 Å². The van der Waals surface area contributed by atoms with E-state index in [1.807, 2.05) is 4.98 Å². The third-order valence-corrected chi connectivity index (χ3v) is 3.13. The predicted molar refractivity (Wildman–Crippen MR) is 56.3 cm³/mol. The van der Waals surface area contributed by atoms with Gasteiger partial charge in [-0.25, -0.2) is 0 Å². The molecule has 0 aliphatic rings. The average molecular weight is 411 g/mol. The number of rotatable bonds is 2. The fourth-order valence-electron chi connectivity index (χ4n) is 1.74. The summed E-state index contributed by atoms with van der Waals surface area (Å²) >= 11 is 0. The third-order valence-electron chi connectivity index (χ3n) is 3.13. The molecule has 0 saturated heterocycles. The van der Waals surface area contributed by atoms with Gasteiger partial charge in [-0.1, -0.05) is 6.07 Å². The Morgan fingerprint density at radius 2 is 0.769 bits per heavy atom. The SMILES string of the molecule is OC(c1cccc(C(O)(C(F)(F)F)C(F)(F)F)n1)(C(F)(F)F)C(F)(F)F. The fraction of sp³-hybridized carbons (Fsp3) is 0.545. The van der Waals surface area contributed by atoms with E-state index in [-0.39, 0.29) is 18.2 Å². The average Bonchev–Trinajstić information content (AvgIpc) is 2.40. The van der Waals surface area contributed by atoms with Gasteiger partial charge in [-0.3, -0.25) is 4.98 Å². The zero-order valence-electron chi connectivity index (χ0n) is 11.6. The molecular weight excluding hydrogens is 406 g/mol. The predicted octanol–water partition coefficient (Wildman–Crippen LogP) is 3.71. The van der Waals surface area contributed by atoms with E-state index in [1.54, 1.807) is 0 Å². The molecule has 0 amide bonds. The van der Waals surface area contributed by atoms with Gasteiger partial charge >= 0.3 is 24.7 Å². The molecule has 1 heterocycles. The standard InChI is InChI=1S/C11H5F12NO2/c12-8(13,14)6(25,9(15,16)17)4-2-1-3-5(24-4)7(26,10(18,19)20)11(21,22)23/h1-3,25-26H. The lowest BCUT2D eigenvalue weighted by Crippen LogP contribution is -2.56. The molecule has 0 aromatic carbocycles. The zero-order valence-corrected chi connectivity index (χ0v) is 11.6. The zero-order chi connectivity index (χ0) is 21.0. The van der Waals surface area contributed by atoms with Crippen molar-refractivity contribution >= 4 is 0 Å². The fourth-order valence-corrected chi connectivity index (χ4v) is 1.74. The number of nitrogens with zero attached hydrogens (tertiary/aromatic N) is 1. The van der Waals surface area contributed by atoms with E-state index < -0.39 is 47.3 Å². The highest BCUT2D eigenvalue weighted by molar-refractivity contribution is 5.26. The van der Waals surface area contributed by atoms with Crippen LogP contribution in [0.2, 0.25) is 0 Å². The van der Waals surface area contributed by atoms with Crippen LogP contribution in [0.4, 0.5) is 52.7 Å². The van der Waals surface area contributed by atoms with Gasteiger partial charge in [-0.05, 0) is 12.1 Å². The first kappa shape index (κ1) is 22.3. The molecule has 150 valence electrons. The van der Waals surface area contributed by atoms with Gasteiger partial charge in [0, 0.05) is 0 Å². The van der Waals surface area contributed by atoms with Crippen molar-refractivity contribution in [3.8, 4) is 0 Å². The summed E-state index contributed by atoms with van der Waals surface area (Å²) in [5.41, 5.74) is -17.0. The maximum Gasteiger partial charge on any atom is 0.432 e. The van der Waals surface area contributed by atoms with Crippen LogP contribution in [0, 0.1) is 0 Å². The Labute approximate surface area is 134 Å². The normalized spacial score (nSPS) is 15.3. The van der Waals surface area contributed by atoms with Gasteiger partial charge in [-0.15, -0.1) is 0 Å². The van der Waals surface area contributed by atoms with Crippen LogP contribution in [-0.2, 0) is 11.2 Å². The quantitative estimate of drug-likeness (QED) is 0.730. The number of halogens is 12. The van der Waals surface area contributed by atoms with Crippen LogP contribution in [0.25, 0.3) is 0 Å². The smallest absolute Gasteiger partial charge is 0.368 e. The summed E-state index contributed by atoms with van der Waals surface area (Å²) in [4.78, 5) is 2.00. The molecule has 15 heteroatoms. The highest BCUT2D eigenvalue weighted by Gasteiger charge is 2.75. The molecule has 0 spiro atoms. The van der Waals surface area contributed by atoms with Gasteiger partial charge in [0.1, 0.15) is 0 Å². The lowest BCUT2D eigenvalue weighted by Gasteiger charge is -2.34. The van der Waals surface area contributed by atoms with Gasteiger partial charge in [0.25, 0.3) is 11.2 Å². The van der Waals surface area contributed by atoms with Crippen molar-refractivity contribution in [1.82, 2.24) is 4.98 Å². The van der Waals surface area contributed by atoms with Crippen LogP contribution < -0.4 is 0 Å². The first-order valence-electron chi connectivity index (χ1n) is 5.91. The Balaban J connectivity index is 3.80. The summed E-state index contributed by atoms with van der Waals surface area (Å²) in [6.07, 6.45) is -26.4. The second kappa shape index (κ2) is 5.87. The number of pyridine rings is 1. The number of alkyl halides is 12. The van der Waals surface area contributed by atoms with Crippen LogP contribution >= 0.6 is 0 Å². The maximum absolute atomic E-state index is 12.7. The molecule has 0 aliphatic carbocycles. The monoisotopic (exact) mass is 411 g/mol. The van der Waals surface area contributed by atoms with Gasteiger partial charge in [-0.2, -0.15) is 52.7 Å². The Hall–Kier alpha value is -1.77. The van der Waals surface area contributed by atoms with Crippen molar-refractivity contribution in [3.05, 3.63) is 29.6 Å². The first-order valence-corrected chi connectivity index (χ1v) is 5.91. The van der Waals surface area contributed by atoms with Crippen LogP contribution in [0.1, 0.15) is 11.4 Å². The summed E-state index contributed by atoms with van der Waals surface area (Å²) in [6, 6.07) is -0.683. The molecule has 0 saturated carbocycles. The van der Waals surface area contributed by atoms with Gasteiger partial charge in [0.05, 0.1) is 11.4 Å². The summed E-state index contributed by atoms with van der Waals surface area (Å²) in [5.74, 6) is 0. The van der Waals surface area contributed by atoms with Gasteiger partial charge < -0.3 is 10.2 Å². The molecule has 0 aliphatic heterocycles. The van der Waals surface area contributed by atoms with E-state index in [9.17, 15) is 52.7 Å². The second-order valence-corrected chi connectivity index (χ2v) is 4.82. The Morgan fingerprint density at radius 3 is 0.962 bits per heavy atom. The van der Waals surface area contributed by atoms with E-state index in [1.165, 1.54) is 0 Å². The van der Waals surface area contributed by atoms with E-state index >= 15 is 0 Å². The lowest BCUT2D eigenvalue weighted by atomic mass is 9.93. The summed E-state index contributed by atoms with van der Waals surface area (Å²) < 4.78 is 152. The van der Waals surface area contributed by atoms with Crippen molar-refractivity contribution in [2.75, 3.05) is 0 Å². The minimum atomic E-state index is -6.61. The van der Waals surface area contributed by atoms with Crippen LogP contribution in [0.5, 0.6) is 0 Å². The van der Waals surface area contributed by atoms with Crippen molar-refractivity contribution in [2.45, 2.75) is 35.9 Å². The first-order chi connectivity index (χ1) is 11.2. The topological polar surface area (TPSA) is 53.4 Å². The maximum atomic E-state index is 12.7. The summed E-state index contributed by atoms with van der Waals surface area (Å²) in [7, 11) is 0. The minimum absolute atomic E-state index is 0.0947. The Kier molecular flexibility index (Phi) is 5.03. The minimum Gasteiger partial charge on any atom is -0.368 e. The van der Waals surface area contributed by atoms with E-state index in [0.717, 1.165) is 0 Å². The van der Waals surface area contributed by atoms with Crippen molar-refractivity contribution in [2.24, 2.45) is 0 Å². The largest absolute Gasteiger partial charge is 0.432 e. The molecule has 0 radical (unpaired) electrons. The van der Waals surface area contributed by atoms with Crippen molar-refractivity contribution in [1.29, 1.82) is 0 Å². The molecule has 3 nitrogen and oxygen atoms in total. The molecule has 2 N–H and O–H groups in total. The number of aliphatic hydroxyl groups is 2. The number of hydrogen-bond donors (Lipinski definition) is 2. The molecule has 0 atom stereocenters. The molecule has 0 unspecified atom stereocenters. The van der Waals surface area contributed by atoms with Crippen LogP contribution in [0.15, 0.2) is 18.2 Å².